The Labute approximate surface area is 252 Å². The average molecular weight is 615 g/mol. The van der Waals surface area contributed by atoms with Gasteiger partial charge in [-0.3, -0.25) is 14.4 Å². The molecule has 5 rings (SSSR count). The second-order valence-corrected chi connectivity index (χ2v) is 11.9. The third kappa shape index (κ3) is 4.99. The molecule has 0 radical (unpaired) electrons. The monoisotopic (exact) mass is 613 g/mol. The van der Waals surface area contributed by atoms with Gasteiger partial charge in [-0.2, -0.15) is 0 Å². The molecule has 3 amide bonds. The van der Waals surface area contributed by atoms with Crippen molar-refractivity contribution in [2.45, 2.75) is 50.2 Å². The van der Waals surface area contributed by atoms with Gasteiger partial charge >= 0.3 is 0 Å². The summed E-state index contributed by atoms with van der Waals surface area (Å²) in [4.78, 5) is 40.7. The van der Waals surface area contributed by atoms with Gasteiger partial charge in [0, 0.05) is 40.2 Å². The van der Waals surface area contributed by atoms with Crippen LogP contribution in [0.5, 0.6) is 5.75 Å². The molecule has 0 aromatic heterocycles. The molecule has 3 aromatic rings. The molecule has 1 saturated heterocycles. The third-order valence-electron chi connectivity index (χ3n) is 8.03. The van der Waals surface area contributed by atoms with Crippen LogP contribution in [0.25, 0.3) is 0 Å². The zero-order chi connectivity index (χ0) is 30.4. The highest BCUT2D eigenvalue weighted by molar-refractivity contribution is 6.31. The number of rotatable bonds is 7. The highest BCUT2D eigenvalue weighted by Crippen LogP contribution is 2.59. The topological polar surface area (TPSA) is 117 Å². The molecule has 3 atom stereocenters. The lowest BCUT2D eigenvalue weighted by Crippen LogP contribution is -2.57. The van der Waals surface area contributed by atoms with E-state index in [0.717, 1.165) is 0 Å². The van der Waals surface area contributed by atoms with Gasteiger partial charge < -0.3 is 25.8 Å². The number of benzene rings is 3. The summed E-state index contributed by atoms with van der Waals surface area (Å²) in [6.45, 7) is 4.54. The Morgan fingerprint density at radius 2 is 1.83 bits per heavy atom. The Balaban J connectivity index is 1.75. The fourth-order valence-electron chi connectivity index (χ4n) is 6.05. The van der Waals surface area contributed by atoms with Crippen LogP contribution in [0.15, 0.2) is 54.6 Å². The van der Waals surface area contributed by atoms with Gasteiger partial charge in [0.25, 0.3) is 5.91 Å². The summed E-state index contributed by atoms with van der Waals surface area (Å²) in [5, 5.41) is 18.4. The number of hydrogen-bond donors (Lipinski definition) is 4. The molecule has 42 heavy (non-hydrogen) atoms. The van der Waals surface area contributed by atoms with Crippen LogP contribution in [0.4, 0.5) is 10.1 Å². The van der Waals surface area contributed by atoms with Crippen LogP contribution in [0.1, 0.15) is 54.5 Å². The highest BCUT2D eigenvalue weighted by Gasteiger charge is 2.62. The number of hydrogen-bond acceptors (Lipinski definition) is 5. The smallest absolute Gasteiger partial charge is 0.263 e. The minimum Gasteiger partial charge on any atom is -0.478 e. The number of halogens is 3. The van der Waals surface area contributed by atoms with Crippen molar-refractivity contribution in [2.75, 3.05) is 18.5 Å². The summed E-state index contributed by atoms with van der Waals surface area (Å²) in [6.07, 6.45) is -0.131. The lowest BCUT2D eigenvalue weighted by molar-refractivity contribution is -0.135. The number of carbonyl (C=O) groups excluding carboxylic acids is 3. The standard InChI is InChI=1S/C31H30Cl2FN3O5/c1-16-19(5-4-6-23(16)34)27-31(21-9-7-18(33)14-24(21)36-29(31)41)22(15-26(39)37-27)20-13-17(32)8-10-25(20)42-30(2,3)28(40)35-11-12-38/h4-10,13-14,22,27,38H,11-12,15H2,1-3H3,(H,35,40)(H,36,41)(H,37,39)/t22-,27+,31-/m1/s1. The Bertz CT molecular complexity index is 1600. The fourth-order valence-corrected chi connectivity index (χ4v) is 6.40. The molecular formula is C31H30Cl2FN3O5. The number of nitrogens with one attached hydrogen (secondary N) is 3. The van der Waals surface area contributed by atoms with E-state index in [9.17, 15) is 18.8 Å². The summed E-state index contributed by atoms with van der Waals surface area (Å²) in [7, 11) is 0. The first-order chi connectivity index (χ1) is 19.9. The minimum atomic E-state index is -1.47. The van der Waals surface area contributed by atoms with Crippen molar-refractivity contribution < 1.29 is 28.6 Å². The van der Waals surface area contributed by atoms with Crippen LogP contribution in [-0.4, -0.2) is 41.6 Å². The summed E-state index contributed by atoms with van der Waals surface area (Å²) < 4.78 is 21.2. The van der Waals surface area contributed by atoms with Gasteiger partial charge in [0.15, 0.2) is 5.60 Å². The highest BCUT2D eigenvalue weighted by atomic mass is 35.5. The normalized spacial score (nSPS) is 21.5. The van der Waals surface area contributed by atoms with Gasteiger partial charge in [-0.15, -0.1) is 0 Å². The van der Waals surface area contributed by atoms with Gasteiger partial charge in [0.05, 0.1) is 12.6 Å². The molecule has 2 aliphatic heterocycles. The van der Waals surface area contributed by atoms with Crippen molar-refractivity contribution in [3.05, 3.63) is 92.7 Å². The van der Waals surface area contributed by atoms with Crippen molar-refractivity contribution in [1.29, 1.82) is 0 Å². The molecule has 1 spiro atoms. The molecule has 0 unspecified atom stereocenters. The Kier molecular flexibility index (Phi) is 7.96. The molecule has 0 bridgehead atoms. The van der Waals surface area contributed by atoms with Crippen LogP contribution in [0.3, 0.4) is 0 Å². The first-order valence-corrected chi connectivity index (χ1v) is 14.2. The third-order valence-corrected chi connectivity index (χ3v) is 8.50. The maximum atomic E-state index is 14.9. The number of piperidine rings is 1. The van der Waals surface area contributed by atoms with Crippen LogP contribution < -0.4 is 20.7 Å². The largest absolute Gasteiger partial charge is 0.478 e. The summed E-state index contributed by atoms with van der Waals surface area (Å²) in [6, 6.07) is 13.4. The fraction of sp³-hybridized carbons (Fsp3) is 0.323. The van der Waals surface area contributed by atoms with Crippen molar-refractivity contribution in [2.24, 2.45) is 0 Å². The molecule has 220 valence electrons. The zero-order valence-electron chi connectivity index (χ0n) is 23.2. The molecule has 0 aliphatic carbocycles. The number of aliphatic hydroxyl groups excluding tert-OH is 1. The van der Waals surface area contributed by atoms with Crippen LogP contribution in [0, 0.1) is 12.7 Å². The Hall–Kier alpha value is -3.66. The molecule has 11 heteroatoms. The zero-order valence-corrected chi connectivity index (χ0v) is 24.7. The van der Waals surface area contributed by atoms with Crippen molar-refractivity contribution in [3.63, 3.8) is 0 Å². The number of aliphatic hydroxyl groups is 1. The van der Waals surface area contributed by atoms with Gasteiger partial charge in [-0.05, 0) is 73.9 Å². The molecule has 3 aromatic carbocycles. The molecule has 4 N–H and O–H groups in total. The van der Waals surface area contributed by atoms with Crippen molar-refractivity contribution >= 4 is 46.6 Å². The predicted octanol–water partition coefficient (Wildman–Crippen LogP) is 4.94. The lowest BCUT2D eigenvalue weighted by Gasteiger charge is -2.47. The van der Waals surface area contributed by atoms with Gasteiger partial charge in [-0.1, -0.05) is 41.4 Å². The summed E-state index contributed by atoms with van der Waals surface area (Å²) in [5.74, 6) is -2.33. The van der Waals surface area contributed by atoms with E-state index in [0.29, 0.717) is 38.0 Å². The molecular weight excluding hydrogens is 584 g/mol. The minimum absolute atomic E-state index is 0.0409. The lowest BCUT2D eigenvalue weighted by atomic mass is 9.59. The maximum Gasteiger partial charge on any atom is 0.263 e. The Morgan fingerprint density at radius 3 is 2.57 bits per heavy atom. The first kappa shape index (κ1) is 29.8. The second kappa shape index (κ2) is 11.2. The predicted molar refractivity (Wildman–Crippen MR) is 157 cm³/mol. The summed E-state index contributed by atoms with van der Waals surface area (Å²) >= 11 is 12.8. The Morgan fingerprint density at radius 1 is 1.12 bits per heavy atom. The second-order valence-electron chi connectivity index (χ2n) is 11.0. The van der Waals surface area contributed by atoms with E-state index in [4.69, 9.17) is 33.0 Å². The van der Waals surface area contributed by atoms with Gasteiger partial charge in [0.1, 0.15) is 17.0 Å². The number of carbonyl (C=O) groups is 3. The van der Waals surface area contributed by atoms with Gasteiger partial charge in [0.2, 0.25) is 11.8 Å². The van der Waals surface area contributed by atoms with Crippen LogP contribution >= 0.6 is 23.2 Å². The molecule has 0 saturated carbocycles. The molecule has 1 fully saturated rings. The first-order valence-electron chi connectivity index (χ1n) is 13.4. The van der Waals surface area contributed by atoms with E-state index in [1.165, 1.54) is 12.1 Å². The number of amides is 3. The van der Waals surface area contributed by atoms with Crippen LogP contribution in [-0.2, 0) is 19.8 Å². The number of ether oxygens (including phenoxy) is 1. The molecule has 2 heterocycles. The summed E-state index contributed by atoms with van der Waals surface area (Å²) in [5.41, 5.74) is -0.663. The van der Waals surface area contributed by atoms with Crippen molar-refractivity contribution in [1.82, 2.24) is 10.6 Å². The van der Waals surface area contributed by atoms with E-state index < -0.39 is 40.6 Å². The average Bonchev–Trinajstić information content (AvgIpc) is 3.21. The quantitative estimate of drug-likeness (QED) is 0.301. The van der Waals surface area contributed by atoms with E-state index in [1.807, 2.05) is 0 Å². The van der Waals surface area contributed by atoms with Gasteiger partial charge in [-0.25, -0.2) is 4.39 Å². The molecule has 2 aliphatic rings. The number of anilines is 1. The van der Waals surface area contributed by atoms with Crippen molar-refractivity contribution in [3.8, 4) is 5.75 Å². The molecule has 8 nitrogen and oxygen atoms in total. The van der Waals surface area contributed by atoms with E-state index >= 15 is 0 Å². The van der Waals surface area contributed by atoms with E-state index in [-0.39, 0.29) is 31.2 Å². The van der Waals surface area contributed by atoms with E-state index in [2.05, 4.69) is 16.0 Å². The van der Waals surface area contributed by atoms with Crippen LogP contribution in [0.2, 0.25) is 10.0 Å². The van der Waals surface area contributed by atoms with E-state index in [1.54, 1.807) is 63.2 Å². The SMILES string of the molecule is Cc1c(F)cccc1[C@@H]1NC(=O)C[C@H](c2cc(Cl)ccc2OC(C)(C)C(=O)NCCO)[C@@]12C(=O)Nc1cc(Cl)ccc12. The number of fused-ring (bicyclic) bond motifs is 2. The maximum absolute atomic E-state index is 14.9.